The van der Waals surface area contributed by atoms with E-state index in [4.69, 9.17) is 11.6 Å². The number of aromatic nitrogens is 1. The van der Waals surface area contributed by atoms with Crippen LogP contribution in [-0.2, 0) is 0 Å². The van der Waals surface area contributed by atoms with Crippen molar-refractivity contribution in [3.8, 4) is 0 Å². The summed E-state index contributed by atoms with van der Waals surface area (Å²) in [6.45, 7) is 1.61. The van der Waals surface area contributed by atoms with Crippen LogP contribution in [0.5, 0.6) is 0 Å². The standard InChI is InChI=1S/C30H30ClN5O3/c1-35(30(39)28-3-2-16-32-28)23-11-6-21(7-12-23)33-27-13-8-22(19-26(27)31)34-29(38)20-4-9-24(10-5-20)36-17-14-25(37)15-18-36/h2-13,16,19,25,32-33,37H,14-15,17-18H2,1H3,(H,34,38). The van der Waals surface area contributed by atoms with Crippen LogP contribution in [0.4, 0.5) is 28.4 Å². The Kier molecular flexibility index (Phi) is 7.86. The lowest BCUT2D eigenvalue weighted by Gasteiger charge is -2.31. The van der Waals surface area contributed by atoms with Crippen LogP contribution in [-0.4, -0.2) is 48.1 Å². The summed E-state index contributed by atoms with van der Waals surface area (Å²) in [5.41, 5.74) is 4.96. The molecule has 200 valence electrons. The number of rotatable bonds is 7. The number of amides is 2. The predicted octanol–water partition coefficient (Wildman–Crippen LogP) is 5.90. The van der Waals surface area contributed by atoms with Crippen LogP contribution in [0.25, 0.3) is 0 Å². The molecule has 2 heterocycles. The van der Waals surface area contributed by atoms with Gasteiger partial charge < -0.3 is 30.5 Å². The van der Waals surface area contributed by atoms with Gasteiger partial charge in [-0.1, -0.05) is 11.6 Å². The number of nitrogens with one attached hydrogen (secondary N) is 3. The number of carbonyl (C=O) groups excluding carboxylic acids is 2. The number of nitrogens with zero attached hydrogens (tertiary/aromatic N) is 2. The van der Waals surface area contributed by atoms with Crippen molar-refractivity contribution >= 4 is 51.9 Å². The normalized spacial score (nSPS) is 13.7. The second-order valence-corrected chi connectivity index (χ2v) is 9.94. The second kappa shape index (κ2) is 11.6. The Morgan fingerprint density at radius 2 is 1.67 bits per heavy atom. The molecule has 0 bridgehead atoms. The Morgan fingerprint density at radius 3 is 2.31 bits per heavy atom. The van der Waals surface area contributed by atoms with Gasteiger partial charge in [-0.2, -0.15) is 0 Å². The molecule has 1 aromatic heterocycles. The summed E-state index contributed by atoms with van der Waals surface area (Å²) in [5.74, 6) is -0.346. The van der Waals surface area contributed by atoms with Gasteiger partial charge in [0.05, 0.1) is 16.8 Å². The van der Waals surface area contributed by atoms with Crippen molar-refractivity contribution in [3.05, 3.63) is 101 Å². The van der Waals surface area contributed by atoms with E-state index in [9.17, 15) is 14.7 Å². The van der Waals surface area contributed by atoms with Crippen molar-refractivity contribution in [2.45, 2.75) is 18.9 Å². The van der Waals surface area contributed by atoms with Gasteiger partial charge in [0.15, 0.2) is 0 Å². The lowest BCUT2D eigenvalue weighted by Crippen LogP contribution is -2.35. The monoisotopic (exact) mass is 543 g/mol. The zero-order chi connectivity index (χ0) is 27.4. The van der Waals surface area contributed by atoms with E-state index in [-0.39, 0.29) is 17.9 Å². The molecule has 0 spiro atoms. The molecule has 0 radical (unpaired) electrons. The minimum Gasteiger partial charge on any atom is -0.393 e. The molecule has 0 saturated carbocycles. The van der Waals surface area contributed by atoms with E-state index in [0.717, 1.165) is 43.0 Å². The maximum Gasteiger partial charge on any atom is 0.274 e. The van der Waals surface area contributed by atoms with Crippen LogP contribution in [0.15, 0.2) is 85.1 Å². The van der Waals surface area contributed by atoms with Crippen molar-refractivity contribution in [2.24, 2.45) is 0 Å². The van der Waals surface area contributed by atoms with Crippen LogP contribution >= 0.6 is 11.6 Å². The summed E-state index contributed by atoms with van der Waals surface area (Å²) < 4.78 is 0. The van der Waals surface area contributed by atoms with E-state index in [0.29, 0.717) is 27.7 Å². The fraction of sp³-hybridized carbons (Fsp3) is 0.200. The van der Waals surface area contributed by atoms with Crippen molar-refractivity contribution < 1.29 is 14.7 Å². The second-order valence-electron chi connectivity index (χ2n) is 9.53. The number of H-pyrrole nitrogens is 1. The van der Waals surface area contributed by atoms with Gasteiger partial charge in [0.25, 0.3) is 11.8 Å². The molecule has 0 unspecified atom stereocenters. The topological polar surface area (TPSA) is 101 Å². The van der Waals surface area contributed by atoms with E-state index in [1.165, 1.54) is 0 Å². The first-order valence-corrected chi connectivity index (χ1v) is 13.2. The summed E-state index contributed by atoms with van der Waals surface area (Å²) in [4.78, 5) is 32.1. The first kappa shape index (κ1) is 26.3. The van der Waals surface area contributed by atoms with E-state index < -0.39 is 0 Å². The summed E-state index contributed by atoms with van der Waals surface area (Å²) >= 11 is 6.51. The molecule has 0 aliphatic carbocycles. The molecule has 1 saturated heterocycles. The number of piperidine rings is 1. The fourth-order valence-electron chi connectivity index (χ4n) is 4.53. The average Bonchev–Trinajstić information content (AvgIpc) is 3.50. The Hall–Kier alpha value is -4.27. The SMILES string of the molecule is CN(C(=O)c1ccc[nH]1)c1ccc(Nc2ccc(NC(=O)c3ccc(N4CCC(O)CC4)cc3)cc2Cl)cc1. The van der Waals surface area contributed by atoms with Crippen molar-refractivity contribution in [2.75, 3.05) is 40.6 Å². The Labute approximate surface area is 232 Å². The molecule has 9 heteroatoms. The largest absolute Gasteiger partial charge is 0.393 e. The fourth-order valence-corrected chi connectivity index (χ4v) is 4.76. The molecular formula is C30H30ClN5O3. The van der Waals surface area contributed by atoms with Crippen LogP contribution in [0.2, 0.25) is 5.02 Å². The van der Waals surface area contributed by atoms with Crippen molar-refractivity contribution in [1.82, 2.24) is 4.98 Å². The summed E-state index contributed by atoms with van der Waals surface area (Å²) in [6.07, 6.45) is 3.01. The highest BCUT2D eigenvalue weighted by Gasteiger charge is 2.18. The van der Waals surface area contributed by atoms with E-state index in [1.54, 1.807) is 60.6 Å². The Bertz CT molecular complexity index is 1430. The molecule has 4 N–H and O–H groups in total. The summed E-state index contributed by atoms with van der Waals surface area (Å²) in [6, 6.07) is 23.8. The van der Waals surface area contributed by atoms with Crippen molar-refractivity contribution in [3.63, 3.8) is 0 Å². The number of anilines is 5. The van der Waals surface area contributed by atoms with Gasteiger partial charge in [0.1, 0.15) is 5.69 Å². The first-order valence-electron chi connectivity index (χ1n) is 12.8. The third-order valence-corrected chi connectivity index (χ3v) is 7.17. The maximum absolute atomic E-state index is 12.8. The number of aromatic amines is 1. The van der Waals surface area contributed by atoms with E-state index >= 15 is 0 Å². The molecule has 1 aliphatic heterocycles. The number of hydrogen-bond donors (Lipinski definition) is 4. The zero-order valence-electron chi connectivity index (χ0n) is 21.5. The van der Waals surface area contributed by atoms with Crippen LogP contribution < -0.4 is 20.4 Å². The van der Waals surface area contributed by atoms with Gasteiger partial charge in [-0.3, -0.25) is 9.59 Å². The van der Waals surface area contributed by atoms with Crippen LogP contribution in [0.1, 0.15) is 33.7 Å². The maximum atomic E-state index is 12.8. The van der Waals surface area contributed by atoms with E-state index in [1.807, 2.05) is 36.4 Å². The molecule has 39 heavy (non-hydrogen) atoms. The van der Waals surface area contributed by atoms with Gasteiger partial charge in [-0.05, 0) is 91.7 Å². The molecule has 0 atom stereocenters. The lowest BCUT2D eigenvalue weighted by molar-refractivity contribution is 0.0987. The average molecular weight is 544 g/mol. The summed E-state index contributed by atoms with van der Waals surface area (Å²) in [7, 11) is 1.73. The third kappa shape index (κ3) is 6.25. The van der Waals surface area contributed by atoms with Gasteiger partial charge in [0.2, 0.25) is 0 Å². The Balaban J connectivity index is 1.18. The minimum atomic E-state index is -0.223. The number of hydrogen-bond acceptors (Lipinski definition) is 5. The molecule has 5 rings (SSSR count). The third-order valence-electron chi connectivity index (χ3n) is 6.85. The smallest absolute Gasteiger partial charge is 0.274 e. The minimum absolute atomic E-state index is 0.125. The molecule has 4 aromatic rings. The number of benzene rings is 3. The highest BCUT2D eigenvalue weighted by molar-refractivity contribution is 6.33. The molecular weight excluding hydrogens is 514 g/mol. The van der Waals surface area contributed by atoms with Gasteiger partial charge in [-0.25, -0.2) is 0 Å². The number of aliphatic hydroxyl groups is 1. The summed E-state index contributed by atoms with van der Waals surface area (Å²) in [5, 5.41) is 16.3. The van der Waals surface area contributed by atoms with Crippen molar-refractivity contribution in [1.29, 1.82) is 0 Å². The number of aliphatic hydroxyl groups excluding tert-OH is 1. The zero-order valence-corrected chi connectivity index (χ0v) is 22.3. The van der Waals surface area contributed by atoms with Gasteiger partial charge >= 0.3 is 0 Å². The first-order chi connectivity index (χ1) is 18.9. The molecule has 2 amide bonds. The quantitative estimate of drug-likeness (QED) is 0.232. The number of carbonyl (C=O) groups is 2. The lowest BCUT2D eigenvalue weighted by atomic mass is 10.1. The highest BCUT2D eigenvalue weighted by Crippen LogP contribution is 2.30. The number of halogens is 1. The van der Waals surface area contributed by atoms with Crippen LogP contribution in [0.3, 0.4) is 0 Å². The van der Waals surface area contributed by atoms with E-state index in [2.05, 4.69) is 20.5 Å². The van der Waals surface area contributed by atoms with Gasteiger partial charge in [-0.15, -0.1) is 0 Å². The molecule has 1 fully saturated rings. The Morgan fingerprint density at radius 1 is 0.974 bits per heavy atom. The molecule has 3 aromatic carbocycles. The van der Waals surface area contributed by atoms with Gasteiger partial charge in [0, 0.05) is 54.6 Å². The van der Waals surface area contributed by atoms with Crippen LogP contribution in [0, 0.1) is 0 Å². The molecule has 8 nitrogen and oxygen atoms in total. The predicted molar refractivity (Wildman–Crippen MR) is 157 cm³/mol. The highest BCUT2D eigenvalue weighted by atomic mass is 35.5. The molecule has 1 aliphatic rings.